The molecule has 0 saturated carbocycles. The Morgan fingerprint density at radius 3 is 2.73 bits per heavy atom. The van der Waals surface area contributed by atoms with Crippen molar-refractivity contribution >= 4 is 11.6 Å². The van der Waals surface area contributed by atoms with Crippen molar-refractivity contribution < 1.29 is 18.0 Å². The Balaban J connectivity index is 1.46. The molecule has 1 amide bonds. The lowest BCUT2D eigenvalue weighted by Gasteiger charge is -2.33. The van der Waals surface area contributed by atoms with Gasteiger partial charge in [-0.1, -0.05) is 18.2 Å². The lowest BCUT2D eigenvalue weighted by molar-refractivity contribution is -0.148. The molecule has 2 aromatic rings. The topological polar surface area (TPSA) is 54.3 Å². The molecule has 0 unspecified atom stereocenters. The molecule has 26 heavy (non-hydrogen) atoms. The molecule has 9 heteroatoms. The van der Waals surface area contributed by atoms with Crippen molar-refractivity contribution in [2.45, 2.75) is 32.1 Å². The van der Waals surface area contributed by atoms with Crippen LogP contribution in [0, 0.1) is 0 Å². The van der Waals surface area contributed by atoms with Gasteiger partial charge in [0.15, 0.2) is 0 Å². The number of aromatic nitrogens is 3. The van der Waals surface area contributed by atoms with E-state index in [1.165, 1.54) is 0 Å². The minimum Gasteiger partial charge on any atom is -0.311 e. The molecule has 0 aliphatic carbocycles. The summed E-state index contributed by atoms with van der Waals surface area (Å²) in [6.07, 6.45) is -2.65. The summed E-state index contributed by atoms with van der Waals surface area (Å²) < 4.78 is 39.8. The van der Waals surface area contributed by atoms with Gasteiger partial charge in [0.2, 0.25) is 11.7 Å². The number of rotatable bonds is 2. The van der Waals surface area contributed by atoms with Crippen molar-refractivity contribution in [1.29, 1.82) is 0 Å². The minimum atomic E-state index is -4.51. The average Bonchev–Trinajstić information content (AvgIpc) is 3.04. The number of amides is 1. The maximum atomic E-state index is 12.9. The number of benzene rings is 1. The zero-order chi connectivity index (χ0) is 18.3. The van der Waals surface area contributed by atoms with Gasteiger partial charge >= 0.3 is 6.18 Å². The molecule has 0 N–H and O–H groups in total. The highest BCUT2D eigenvalue weighted by molar-refractivity contribution is 5.95. The van der Waals surface area contributed by atoms with Gasteiger partial charge in [-0.25, -0.2) is 0 Å². The first-order valence-corrected chi connectivity index (χ1v) is 8.53. The normalized spacial score (nSPS) is 17.7. The summed E-state index contributed by atoms with van der Waals surface area (Å²) in [7, 11) is 0. The number of carbonyl (C=O) groups excluding carboxylic acids is 1. The standard InChI is InChI=1S/C17H18F3N5O/c18-17(19,20)16-22-21-14-10-23(8-9-25(14)16)11-15(26)24-7-3-5-12-4-1-2-6-13(12)24/h1-2,4,6H,3,5,7-11H2. The third kappa shape index (κ3) is 3.07. The van der Waals surface area contributed by atoms with Crippen molar-refractivity contribution in [3.8, 4) is 0 Å². The van der Waals surface area contributed by atoms with Crippen LogP contribution in [0.25, 0.3) is 0 Å². The van der Waals surface area contributed by atoms with Crippen LogP contribution in [0.15, 0.2) is 24.3 Å². The zero-order valence-electron chi connectivity index (χ0n) is 14.0. The number of alkyl halides is 3. The van der Waals surface area contributed by atoms with E-state index in [9.17, 15) is 18.0 Å². The highest BCUT2D eigenvalue weighted by atomic mass is 19.4. The summed E-state index contributed by atoms with van der Waals surface area (Å²) in [6, 6.07) is 7.83. The molecule has 1 aromatic heterocycles. The summed E-state index contributed by atoms with van der Waals surface area (Å²) >= 11 is 0. The number of carbonyl (C=O) groups is 1. The van der Waals surface area contributed by atoms with Crippen molar-refractivity contribution in [2.75, 3.05) is 24.5 Å². The molecule has 0 spiro atoms. The lowest BCUT2D eigenvalue weighted by atomic mass is 10.0. The molecule has 0 saturated heterocycles. The summed E-state index contributed by atoms with van der Waals surface area (Å²) in [5.74, 6) is -0.764. The van der Waals surface area contributed by atoms with E-state index in [1.54, 1.807) is 4.90 Å². The van der Waals surface area contributed by atoms with E-state index >= 15 is 0 Å². The quantitative estimate of drug-likeness (QED) is 0.818. The van der Waals surface area contributed by atoms with Gasteiger partial charge in [0.05, 0.1) is 13.1 Å². The first-order valence-electron chi connectivity index (χ1n) is 8.53. The highest BCUT2D eigenvalue weighted by Gasteiger charge is 2.39. The van der Waals surface area contributed by atoms with Crippen molar-refractivity contribution in [1.82, 2.24) is 19.7 Å². The zero-order valence-corrected chi connectivity index (χ0v) is 14.0. The first kappa shape index (κ1) is 17.0. The molecule has 138 valence electrons. The first-order chi connectivity index (χ1) is 12.4. The fraction of sp³-hybridized carbons (Fsp3) is 0.471. The Kier molecular flexibility index (Phi) is 4.18. The van der Waals surface area contributed by atoms with Crippen LogP contribution >= 0.6 is 0 Å². The predicted molar refractivity (Wildman–Crippen MR) is 87.4 cm³/mol. The van der Waals surface area contributed by atoms with Crippen LogP contribution < -0.4 is 4.90 Å². The van der Waals surface area contributed by atoms with E-state index in [-0.39, 0.29) is 31.4 Å². The molecule has 4 rings (SSSR count). The summed E-state index contributed by atoms with van der Waals surface area (Å²) in [6.45, 7) is 1.49. The fourth-order valence-corrected chi connectivity index (χ4v) is 3.62. The Bertz CT molecular complexity index is 832. The molecular weight excluding hydrogens is 347 g/mol. The van der Waals surface area contributed by atoms with E-state index in [4.69, 9.17) is 0 Å². The number of nitrogens with zero attached hydrogens (tertiary/aromatic N) is 5. The van der Waals surface area contributed by atoms with Crippen molar-refractivity contribution in [3.63, 3.8) is 0 Å². The molecule has 2 aliphatic heterocycles. The largest absolute Gasteiger partial charge is 0.451 e. The maximum Gasteiger partial charge on any atom is 0.451 e. The van der Waals surface area contributed by atoms with E-state index < -0.39 is 12.0 Å². The van der Waals surface area contributed by atoms with Gasteiger partial charge in [0.25, 0.3) is 0 Å². The van der Waals surface area contributed by atoms with Crippen LogP contribution in [0.3, 0.4) is 0 Å². The Labute approximate surface area is 148 Å². The van der Waals surface area contributed by atoms with Gasteiger partial charge < -0.3 is 9.47 Å². The van der Waals surface area contributed by atoms with Crippen LogP contribution in [0.5, 0.6) is 0 Å². The Morgan fingerprint density at radius 1 is 1.12 bits per heavy atom. The van der Waals surface area contributed by atoms with Crippen LogP contribution in [-0.2, 0) is 30.5 Å². The molecule has 0 fully saturated rings. The molecule has 3 heterocycles. The molecule has 0 atom stereocenters. The number of aryl methyl sites for hydroxylation is 1. The maximum absolute atomic E-state index is 12.9. The second-order valence-corrected chi connectivity index (χ2v) is 6.58. The van der Waals surface area contributed by atoms with Gasteiger partial charge in [-0.3, -0.25) is 9.69 Å². The number of hydrogen-bond donors (Lipinski definition) is 0. The van der Waals surface area contributed by atoms with Crippen LogP contribution in [0.1, 0.15) is 23.6 Å². The molecule has 6 nitrogen and oxygen atoms in total. The molecule has 0 radical (unpaired) electrons. The Morgan fingerprint density at radius 2 is 1.92 bits per heavy atom. The third-order valence-corrected chi connectivity index (χ3v) is 4.86. The number of para-hydroxylation sites is 1. The SMILES string of the molecule is O=C(CN1CCn2c(nnc2C(F)(F)F)C1)N1CCCc2ccccc21. The molecular formula is C17H18F3N5O. The highest BCUT2D eigenvalue weighted by Crippen LogP contribution is 2.30. The number of hydrogen-bond acceptors (Lipinski definition) is 4. The second kappa shape index (κ2) is 6.39. The molecule has 0 bridgehead atoms. The van der Waals surface area contributed by atoms with Crippen LogP contribution in [-0.4, -0.2) is 45.2 Å². The second-order valence-electron chi connectivity index (χ2n) is 6.58. The monoisotopic (exact) mass is 365 g/mol. The van der Waals surface area contributed by atoms with Gasteiger partial charge in [-0.15, -0.1) is 10.2 Å². The lowest BCUT2D eigenvalue weighted by Crippen LogP contribution is -2.45. The van der Waals surface area contributed by atoms with E-state index in [0.717, 1.165) is 28.7 Å². The summed E-state index contributed by atoms with van der Waals surface area (Å²) in [5.41, 5.74) is 2.09. The number of fused-ring (bicyclic) bond motifs is 2. The summed E-state index contributed by atoms with van der Waals surface area (Å²) in [4.78, 5) is 16.4. The van der Waals surface area contributed by atoms with Gasteiger partial charge in [-0.2, -0.15) is 13.2 Å². The third-order valence-electron chi connectivity index (χ3n) is 4.86. The Hall–Kier alpha value is -2.42. The van der Waals surface area contributed by atoms with Gasteiger partial charge in [0, 0.05) is 25.3 Å². The molecule has 1 aromatic carbocycles. The van der Waals surface area contributed by atoms with Gasteiger partial charge in [0.1, 0.15) is 5.82 Å². The minimum absolute atomic E-state index is 0.0406. The van der Waals surface area contributed by atoms with Crippen LogP contribution in [0.4, 0.5) is 18.9 Å². The van der Waals surface area contributed by atoms with E-state index in [0.29, 0.717) is 13.1 Å². The summed E-state index contributed by atoms with van der Waals surface area (Å²) in [5, 5.41) is 6.92. The van der Waals surface area contributed by atoms with Crippen molar-refractivity contribution in [3.05, 3.63) is 41.5 Å². The number of halogens is 3. The van der Waals surface area contributed by atoms with E-state index in [1.807, 2.05) is 29.2 Å². The smallest absolute Gasteiger partial charge is 0.311 e. The van der Waals surface area contributed by atoms with Crippen molar-refractivity contribution in [2.24, 2.45) is 0 Å². The van der Waals surface area contributed by atoms with E-state index in [2.05, 4.69) is 10.2 Å². The fourth-order valence-electron chi connectivity index (χ4n) is 3.62. The average molecular weight is 365 g/mol. The number of anilines is 1. The van der Waals surface area contributed by atoms with Crippen LogP contribution in [0.2, 0.25) is 0 Å². The van der Waals surface area contributed by atoms with Gasteiger partial charge in [-0.05, 0) is 24.5 Å². The molecule has 2 aliphatic rings. The predicted octanol–water partition coefficient (Wildman–Crippen LogP) is 2.09.